The van der Waals surface area contributed by atoms with Crippen molar-refractivity contribution in [2.24, 2.45) is 4.99 Å². The summed E-state index contributed by atoms with van der Waals surface area (Å²) in [6, 6.07) is 20.0. The van der Waals surface area contributed by atoms with Crippen molar-refractivity contribution >= 4 is 16.8 Å². The van der Waals surface area contributed by atoms with Crippen molar-refractivity contribution in [3.8, 4) is 5.75 Å². The third kappa shape index (κ3) is 7.20. The Morgan fingerprint density at radius 2 is 1.76 bits per heavy atom. The van der Waals surface area contributed by atoms with Crippen LogP contribution in [0.4, 0.5) is 0 Å². The van der Waals surface area contributed by atoms with Crippen molar-refractivity contribution < 1.29 is 8.95 Å². The smallest absolute Gasteiger partial charge is 0.193 e. The van der Waals surface area contributed by atoms with Crippen molar-refractivity contribution in [3.63, 3.8) is 0 Å². The van der Waals surface area contributed by atoms with E-state index in [1.807, 2.05) is 60.7 Å². The number of nitrogens with zero attached hydrogens (tertiary/aromatic N) is 2. The molecule has 0 bridgehead atoms. The van der Waals surface area contributed by atoms with E-state index in [0.717, 1.165) is 49.7 Å². The van der Waals surface area contributed by atoms with Crippen molar-refractivity contribution in [2.45, 2.75) is 31.6 Å². The molecule has 1 unspecified atom stereocenters. The highest BCUT2D eigenvalue weighted by molar-refractivity contribution is 7.84. The van der Waals surface area contributed by atoms with Crippen LogP contribution in [0.3, 0.4) is 0 Å². The maximum Gasteiger partial charge on any atom is 0.193 e. The number of benzene rings is 2. The molecule has 0 spiro atoms. The van der Waals surface area contributed by atoms with Crippen LogP contribution in [-0.4, -0.2) is 53.1 Å². The average Bonchev–Trinajstić information content (AvgIpc) is 2.75. The van der Waals surface area contributed by atoms with Gasteiger partial charge in [0.2, 0.25) is 0 Å². The Kier molecular flexibility index (Phi) is 8.56. The van der Waals surface area contributed by atoms with E-state index in [-0.39, 0.29) is 6.10 Å². The van der Waals surface area contributed by atoms with Gasteiger partial charge >= 0.3 is 0 Å². The lowest BCUT2D eigenvalue weighted by Gasteiger charge is -2.34. The molecule has 1 N–H and O–H groups in total. The number of para-hydroxylation sites is 1. The first-order chi connectivity index (χ1) is 14.2. The molecule has 156 valence electrons. The molecule has 0 radical (unpaired) electrons. The van der Waals surface area contributed by atoms with Gasteiger partial charge in [0.25, 0.3) is 0 Å². The summed E-state index contributed by atoms with van der Waals surface area (Å²) in [7, 11) is -0.898. The van der Waals surface area contributed by atoms with Crippen LogP contribution < -0.4 is 10.1 Å². The minimum atomic E-state index is -0.898. The van der Waals surface area contributed by atoms with Crippen LogP contribution in [0.1, 0.15) is 25.3 Å². The van der Waals surface area contributed by atoms with Gasteiger partial charge in [-0.3, -0.25) is 9.20 Å². The van der Waals surface area contributed by atoms with E-state index >= 15 is 0 Å². The van der Waals surface area contributed by atoms with Crippen LogP contribution in [0.2, 0.25) is 0 Å². The molecule has 0 saturated carbocycles. The van der Waals surface area contributed by atoms with E-state index in [0.29, 0.717) is 18.1 Å². The molecule has 1 aliphatic heterocycles. The van der Waals surface area contributed by atoms with E-state index in [4.69, 9.17) is 9.73 Å². The Balaban J connectivity index is 1.46. The molecule has 3 rings (SSSR count). The lowest BCUT2D eigenvalue weighted by molar-refractivity contribution is 0.129. The van der Waals surface area contributed by atoms with Crippen LogP contribution in [0, 0.1) is 0 Å². The normalized spacial score (nSPS) is 16.4. The summed E-state index contributed by atoms with van der Waals surface area (Å²) in [6.07, 6.45) is 2.19. The molecule has 2 aromatic rings. The number of aliphatic imine (C=N–C) groups is 1. The first-order valence-corrected chi connectivity index (χ1v) is 11.9. The minimum absolute atomic E-state index is 0.245. The fourth-order valence-electron chi connectivity index (χ4n) is 3.39. The lowest BCUT2D eigenvalue weighted by Crippen LogP contribution is -2.47. The van der Waals surface area contributed by atoms with Gasteiger partial charge in [0.05, 0.1) is 6.54 Å². The van der Waals surface area contributed by atoms with E-state index in [1.54, 1.807) is 0 Å². The Morgan fingerprint density at radius 1 is 1.10 bits per heavy atom. The SMILES string of the molecule is CCNC(=NCCS(=O)Cc1ccccc1)N1CCC(Oc2ccccc2)CC1. The number of guanidine groups is 1. The maximum absolute atomic E-state index is 12.3. The molecular formula is C23H31N3O2S. The molecular weight excluding hydrogens is 382 g/mol. The zero-order valence-corrected chi connectivity index (χ0v) is 17.9. The molecule has 1 fully saturated rings. The third-order valence-electron chi connectivity index (χ3n) is 4.87. The number of likely N-dealkylation sites (tertiary alicyclic amines) is 1. The number of ether oxygens (including phenoxy) is 1. The van der Waals surface area contributed by atoms with Gasteiger partial charge in [0.1, 0.15) is 11.9 Å². The van der Waals surface area contributed by atoms with E-state index in [9.17, 15) is 4.21 Å². The van der Waals surface area contributed by atoms with Crippen LogP contribution in [0.15, 0.2) is 65.7 Å². The molecule has 6 heteroatoms. The fraction of sp³-hybridized carbons (Fsp3) is 0.435. The largest absolute Gasteiger partial charge is 0.490 e. The van der Waals surface area contributed by atoms with Crippen molar-refractivity contribution in [3.05, 3.63) is 66.2 Å². The molecule has 1 heterocycles. The summed E-state index contributed by atoms with van der Waals surface area (Å²) in [6.45, 7) is 5.30. The number of hydrogen-bond acceptors (Lipinski definition) is 3. The second kappa shape index (κ2) is 11.6. The number of hydrogen-bond donors (Lipinski definition) is 1. The molecule has 1 aliphatic rings. The summed E-state index contributed by atoms with van der Waals surface area (Å²) < 4.78 is 18.4. The standard InChI is InChI=1S/C23H31N3O2S/c1-2-24-23(25-15-18-29(27)19-20-9-5-3-6-10-20)26-16-13-22(14-17-26)28-21-11-7-4-8-12-21/h3-12,22H,2,13-19H2,1H3,(H,24,25). The van der Waals surface area contributed by atoms with E-state index in [1.165, 1.54) is 0 Å². The van der Waals surface area contributed by atoms with Gasteiger partial charge in [0.15, 0.2) is 5.96 Å². The highest BCUT2D eigenvalue weighted by atomic mass is 32.2. The van der Waals surface area contributed by atoms with Gasteiger partial charge in [-0.2, -0.15) is 0 Å². The Labute approximate surface area is 176 Å². The fourth-order valence-corrected chi connectivity index (χ4v) is 4.39. The monoisotopic (exact) mass is 413 g/mol. The molecule has 1 saturated heterocycles. The third-order valence-corrected chi connectivity index (χ3v) is 6.17. The lowest BCUT2D eigenvalue weighted by atomic mass is 10.1. The van der Waals surface area contributed by atoms with Crippen LogP contribution in [0.5, 0.6) is 5.75 Å². The van der Waals surface area contributed by atoms with Gasteiger partial charge in [-0.05, 0) is 24.6 Å². The Bertz CT molecular complexity index is 775. The predicted octanol–water partition coefficient (Wildman–Crippen LogP) is 3.44. The Morgan fingerprint density at radius 3 is 2.41 bits per heavy atom. The highest BCUT2D eigenvalue weighted by Crippen LogP contribution is 2.18. The van der Waals surface area contributed by atoms with Crippen LogP contribution >= 0.6 is 0 Å². The minimum Gasteiger partial charge on any atom is -0.490 e. The van der Waals surface area contributed by atoms with E-state index in [2.05, 4.69) is 17.1 Å². The highest BCUT2D eigenvalue weighted by Gasteiger charge is 2.22. The van der Waals surface area contributed by atoms with Crippen molar-refractivity contribution in [2.75, 3.05) is 31.9 Å². The maximum atomic E-state index is 12.3. The number of piperidine rings is 1. The zero-order valence-electron chi connectivity index (χ0n) is 17.1. The van der Waals surface area contributed by atoms with E-state index < -0.39 is 10.8 Å². The summed E-state index contributed by atoms with van der Waals surface area (Å²) in [4.78, 5) is 7.01. The molecule has 29 heavy (non-hydrogen) atoms. The number of rotatable bonds is 8. The zero-order chi connectivity index (χ0) is 20.3. The quantitative estimate of drug-likeness (QED) is 0.532. The van der Waals surface area contributed by atoms with Crippen LogP contribution in [-0.2, 0) is 16.6 Å². The van der Waals surface area contributed by atoms with Gasteiger partial charge in [-0.25, -0.2) is 0 Å². The molecule has 2 aromatic carbocycles. The second-order valence-corrected chi connectivity index (χ2v) is 8.70. The average molecular weight is 414 g/mol. The van der Waals surface area contributed by atoms with Gasteiger partial charge in [-0.1, -0.05) is 48.5 Å². The molecule has 0 amide bonds. The summed E-state index contributed by atoms with van der Waals surface area (Å²) in [5.41, 5.74) is 1.11. The molecule has 5 nitrogen and oxygen atoms in total. The summed E-state index contributed by atoms with van der Waals surface area (Å²) >= 11 is 0. The van der Waals surface area contributed by atoms with Gasteiger partial charge < -0.3 is 15.0 Å². The number of nitrogens with one attached hydrogen (secondary N) is 1. The van der Waals surface area contributed by atoms with Gasteiger partial charge in [-0.15, -0.1) is 0 Å². The first kappa shape index (κ1) is 21.4. The molecule has 0 aromatic heterocycles. The summed E-state index contributed by atoms with van der Waals surface area (Å²) in [5, 5.41) is 3.38. The summed E-state index contributed by atoms with van der Waals surface area (Å²) in [5.74, 6) is 3.03. The molecule has 1 atom stereocenters. The molecule has 0 aliphatic carbocycles. The van der Waals surface area contributed by atoms with Crippen molar-refractivity contribution in [1.82, 2.24) is 10.2 Å². The topological polar surface area (TPSA) is 53.9 Å². The Hall–Kier alpha value is -2.34. The first-order valence-electron chi connectivity index (χ1n) is 10.4. The second-order valence-electron chi connectivity index (χ2n) is 7.13. The predicted molar refractivity (Wildman–Crippen MR) is 121 cm³/mol. The van der Waals surface area contributed by atoms with Gasteiger partial charge in [0, 0.05) is 54.8 Å². The van der Waals surface area contributed by atoms with Crippen LogP contribution in [0.25, 0.3) is 0 Å². The van der Waals surface area contributed by atoms with Crippen molar-refractivity contribution in [1.29, 1.82) is 0 Å².